The molecule has 4 nitrogen and oxygen atoms in total. The maximum Gasteiger partial charge on any atom is 0.263 e. The fourth-order valence-corrected chi connectivity index (χ4v) is 3.71. The Balaban J connectivity index is 2.14. The van der Waals surface area contributed by atoms with Crippen LogP contribution in [-0.4, -0.2) is 31.5 Å². The number of aryl methyl sites for hydroxylation is 2. The van der Waals surface area contributed by atoms with Crippen molar-refractivity contribution in [3.63, 3.8) is 0 Å². The van der Waals surface area contributed by atoms with Crippen molar-refractivity contribution in [1.82, 2.24) is 4.31 Å². The molecule has 0 radical (unpaired) electrons. The molecule has 0 aliphatic heterocycles. The van der Waals surface area contributed by atoms with Gasteiger partial charge in [0.2, 0.25) is 0 Å². The average molecular weight is 374 g/mol. The summed E-state index contributed by atoms with van der Waals surface area (Å²) in [6, 6.07) is 14.8. The van der Waals surface area contributed by atoms with Crippen molar-refractivity contribution in [2.24, 2.45) is 0 Å². The molecular weight excluding hydrogens is 346 g/mol. The maximum atomic E-state index is 12.6. The first kappa shape index (κ1) is 20.2. The van der Waals surface area contributed by atoms with Crippen LogP contribution in [-0.2, 0) is 15.4 Å². The molecule has 0 saturated heterocycles. The van der Waals surface area contributed by atoms with Crippen LogP contribution in [0.4, 0.5) is 0 Å². The summed E-state index contributed by atoms with van der Waals surface area (Å²) in [7, 11) is -2.04. The van der Waals surface area contributed by atoms with E-state index in [1.54, 1.807) is 36.5 Å². The van der Waals surface area contributed by atoms with Gasteiger partial charge in [0.1, 0.15) is 0 Å². The number of allylic oxidation sites excluding steroid dienone is 1. The molecule has 0 aliphatic rings. The highest BCUT2D eigenvalue weighted by atomic mass is 32.2. The van der Waals surface area contributed by atoms with Gasteiger partial charge in [-0.3, -0.25) is 4.31 Å². The lowest BCUT2D eigenvalue weighted by Crippen LogP contribution is -2.26. The van der Waals surface area contributed by atoms with E-state index in [-0.39, 0.29) is 11.5 Å². The Kier molecular flexibility index (Phi) is 6.26. The molecule has 1 unspecified atom stereocenters. The van der Waals surface area contributed by atoms with Crippen molar-refractivity contribution in [2.75, 3.05) is 13.7 Å². The van der Waals surface area contributed by atoms with Crippen LogP contribution in [0.1, 0.15) is 30.0 Å². The van der Waals surface area contributed by atoms with Gasteiger partial charge in [-0.15, -0.1) is 0 Å². The smallest absolute Gasteiger partial charge is 0.263 e. The van der Waals surface area contributed by atoms with Crippen LogP contribution in [0.2, 0.25) is 0 Å². The summed E-state index contributed by atoms with van der Waals surface area (Å²) in [6.07, 6.45) is 3.87. The van der Waals surface area contributed by atoms with E-state index in [0.717, 1.165) is 16.7 Å². The normalized spacial score (nSPS) is 14.3. The van der Waals surface area contributed by atoms with Gasteiger partial charge in [0, 0.05) is 18.7 Å². The summed E-state index contributed by atoms with van der Waals surface area (Å²) in [4.78, 5) is 0.263. The largest absolute Gasteiger partial charge is 0.395 e. The highest BCUT2D eigenvalue weighted by Crippen LogP contribution is 2.28. The summed E-state index contributed by atoms with van der Waals surface area (Å²) in [6.45, 7) is 5.89. The molecule has 0 aliphatic carbocycles. The molecule has 5 heteroatoms. The molecular formula is C21H27NO3S. The topological polar surface area (TPSA) is 57.6 Å². The predicted octanol–water partition coefficient (Wildman–Crippen LogP) is 3.78. The second-order valence-electron chi connectivity index (χ2n) is 7.01. The van der Waals surface area contributed by atoms with Gasteiger partial charge in [-0.1, -0.05) is 60.5 Å². The van der Waals surface area contributed by atoms with Crippen molar-refractivity contribution in [3.05, 3.63) is 77.5 Å². The fraction of sp³-hybridized carbons (Fsp3) is 0.333. The van der Waals surface area contributed by atoms with E-state index in [4.69, 9.17) is 0 Å². The molecule has 0 bridgehead atoms. The Hall–Kier alpha value is -2.11. The first-order valence-electron chi connectivity index (χ1n) is 8.58. The molecule has 2 aromatic rings. The summed E-state index contributed by atoms with van der Waals surface area (Å²) < 4.78 is 26.4. The molecule has 0 aromatic heterocycles. The molecule has 0 spiro atoms. The van der Waals surface area contributed by atoms with Gasteiger partial charge in [-0.25, -0.2) is 8.42 Å². The monoisotopic (exact) mass is 373 g/mol. The molecule has 2 rings (SSSR count). The SMILES string of the molecule is Cc1ccc(C(C)(CO)C/C=C/N(C)S(=O)(=O)c2ccc(C)cc2)cc1. The van der Waals surface area contributed by atoms with E-state index in [9.17, 15) is 13.5 Å². The summed E-state index contributed by atoms with van der Waals surface area (Å²) in [5.41, 5.74) is 2.74. The lowest BCUT2D eigenvalue weighted by atomic mass is 9.80. The lowest BCUT2D eigenvalue weighted by molar-refractivity contribution is 0.206. The summed E-state index contributed by atoms with van der Waals surface area (Å²) in [5, 5.41) is 9.87. The second kappa shape index (κ2) is 8.06. The molecule has 1 N–H and O–H groups in total. The van der Waals surface area contributed by atoms with Crippen LogP contribution in [0, 0.1) is 13.8 Å². The Morgan fingerprint density at radius 2 is 1.50 bits per heavy atom. The quantitative estimate of drug-likeness (QED) is 0.803. The van der Waals surface area contributed by atoms with Crippen LogP contribution in [0.15, 0.2) is 65.7 Å². The minimum atomic E-state index is -3.57. The first-order chi connectivity index (χ1) is 12.2. The van der Waals surface area contributed by atoms with E-state index in [1.165, 1.54) is 11.4 Å². The molecule has 140 valence electrons. The number of hydrogen-bond acceptors (Lipinski definition) is 3. The van der Waals surface area contributed by atoms with E-state index in [0.29, 0.717) is 6.42 Å². The third-order valence-electron chi connectivity index (χ3n) is 4.68. The summed E-state index contributed by atoms with van der Waals surface area (Å²) >= 11 is 0. The lowest BCUT2D eigenvalue weighted by Gasteiger charge is -2.27. The molecule has 0 heterocycles. The van der Waals surface area contributed by atoms with Crippen LogP contribution >= 0.6 is 0 Å². The third-order valence-corrected chi connectivity index (χ3v) is 6.43. The van der Waals surface area contributed by atoms with Crippen LogP contribution in [0.5, 0.6) is 0 Å². The zero-order chi connectivity index (χ0) is 19.4. The minimum absolute atomic E-state index is 0.0190. The fourth-order valence-electron chi connectivity index (χ4n) is 2.65. The van der Waals surface area contributed by atoms with Crippen molar-refractivity contribution in [2.45, 2.75) is 37.5 Å². The van der Waals surface area contributed by atoms with Crippen molar-refractivity contribution < 1.29 is 13.5 Å². The van der Waals surface area contributed by atoms with Gasteiger partial charge in [0.05, 0.1) is 11.5 Å². The zero-order valence-electron chi connectivity index (χ0n) is 15.8. The number of rotatable bonds is 7. The van der Waals surface area contributed by atoms with Gasteiger partial charge in [-0.2, -0.15) is 0 Å². The molecule has 1 atom stereocenters. The average Bonchev–Trinajstić information content (AvgIpc) is 2.62. The van der Waals surface area contributed by atoms with Gasteiger partial charge < -0.3 is 5.11 Å². The van der Waals surface area contributed by atoms with Crippen LogP contribution in [0.3, 0.4) is 0 Å². The highest BCUT2D eigenvalue weighted by Gasteiger charge is 2.25. The number of sulfonamides is 1. The first-order valence-corrected chi connectivity index (χ1v) is 10.0. The number of hydrogen-bond donors (Lipinski definition) is 1. The van der Waals surface area contributed by atoms with Crippen LogP contribution in [0.25, 0.3) is 0 Å². The second-order valence-corrected chi connectivity index (χ2v) is 9.01. The molecule has 2 aromatic carbocycles. The van der Waals surface area contributed by atoms with E-state index in [2.05, 4.69) is 0 Å². The van der Waals surface area contributed by atoms with Crippen molar-refractivity contribution in [1.29, 1.82) is 0 Å². The van der Waals surface area contributed by atoms with E-state index < -0.39 is 15.4 Å². The molecule has 0 fully saturated rings. The minimum Gasteiger partial charge on any atom is -0.395 e. The molecule has 0 amide bonds. The number of aliphatic hydroxyl groups excluding tert-OH is 1. The molecule has 0 saturated carbocycles. The summed E-state index contributed by atoms with van der Waals surface area (Å²) in [5.74, 6) is 0. The van der Waals surface area contributed by atoms with Gasteiger partial charge in [-0.05, 0) is 38.0 Å². The Labute approximate surface area is 156 Å². The predicted molar refractivity (Wildman–Crippen MR) is 106 cm³/mol. The van der Waals surface area contributed by atoms with Crippen molar-refractivity contribution in [3.8, 4) is 0 Å². The van der Waals surface area contributed by atoms with E-state index >= 15 is 0 Å². The Morgan fingerprint density at radius 3 is 2.00 bits per heavy atom. The molecule has 26 heavy (non-hydrogen) atoms. The van der Waals surface area contributed by atoms with Gasteiger partial charge in [0.25, 0.3) is 10.0 Å². The Bertz CT molecular complexity index is 855. The Morgan fingerprint density at radius 1 is 1.00 bits per heavy atom. The van der Waals surface area contributed by atoms with Crippen LogP contribution < -0.4 is 0 Å². The highest BCUT2D eigenvalue weighted by molar-refractivity contribution is 7.89. The standard InChI is InChI=1S/C21H27NO3S/c1-17-6-10-19(11-7-17)21(3,16-23)14-5-15-22(4)26(24,25)20-12-8-18(2)9-13-20/h5-13,15,23H,14,16H2,1-4H3/b15-5+. The third kappa shape index (κ3) is 4.54. The number of aliphatic hydroxyl groups is 1. The van der Waals surface area contributed by atoms with Gasteiger partial charge >= 0.3 is 0 Å². The zero-order valence-corrected chi connectivity index (χ0v) is 16.6. The van der Waals surface area contributed by atoms with Crippen molar-refractivity contribution >= 4 is 10.0 Å². The maximum absolute atomic E-state index is 12.6. The number of nitrogens with zero attached hydrogens (tertiary/aromatic N) is 1. The number of benzene rings is 2. The van der Waals surface area contributed by atoms with E-state index in [1.807, 2.05) is 45.0 Å². The van der Waals surface area contributed by atoms with Gasteiger partial charge in [0.15, 0.2) is 0 Å².